The van der Waals surface area contributed by atoms with Crippen LogP contribution in [0.3, 0.4) is 0 Å². The molecule has 0 fully saturated rings. The van der Waals surface area contributed by atoms with Crippen LogP contribution >= 0.6 is 11.6 Å². The summed E-state index contributed by atoms with van der Waals surface area (Å²) in [6.45, 7) is 5.60. The number of aryl methyl sites for hydroxylation is 1. The third-order valence-electron chi connectivity index (χ3n) is 1.70. The van der Waals surface area contributed by atoms with Crippen LogP contribution in [0.4, 0.5) is 0 Å². The Balaban J connectivity index is 2.78. The molecule has 1 heterocycles. The van der Waals surface area contributed by atoms with E-state index < -0.39 is 11.4 Å². The molecule has 0 saturated carbocycles. The second-order valence-corrected chi connectivity index (χ2v) is 6.40. The zero-order valence-corrected chi connectivity index (χ0v) is 10.8. The fraction of sp³-hybridized carbons (Fsp3) is 0.556. The quantitative estimate of drug-likeness (QED) is 0.593. The third-order valence-corrected chi connectivity index (χ3v) is 3.51. The molecule has 0 aromatic carbocycles. The van der Waals surface area contributed by atoms with Crippen molar-refractivity contribution < 1.29 is 4.55 Å². The molecule has 0 bridgehead atoms. The highest BCUT2D eigenvalue weighted by Gasteiger charge is 2.25. The lowest BCUT2D eigenvalue weighted by molar-refractivity contribution is 0.562. The molecule has 1 aromatic heterocycles. The van der Waals surface area contributed by atoms with E-state index in [-0.39, 0.29) is 4.75 Å². The van der Waals surface area contributed by atoms with Gasteiger partial charge in [0.15, 0.2) is 0 Å². The summed E-state index contributed by atoms with van der Waals surface area (Å²) >= 11 is 4.65. The maximum absolute atomic E-state index is 11.6. The van der Waals surface area contributed by atoms with Crippen LogP contribution in [0.1, 0.15) is 26.3 Å². The van der Waals surface area contributed by atoms with Gasteiger partial charge in [0.05, 0.1) is 18.0 Å². The minimum absolute atomic E-state index is 0.356. The summed E-state index contributed by atoms with van der Waals surface area (Å²) in [5, 5.41) is 4.44. The number of hydrogen-bond donors (Lipinski definition) is 0. The Kier molecular flexibility index (Phi) is 3.81. The highest BCUT2D eigenvalue weighted by molar-refractivity contribution is 7.91. The zero-order chi connectivity index (χ0) is 11.6. The lowest BCUT2D eigenvalue weighted by atomic mass is 10.3. The van der Waals surface area contributed by atoms with E-state index in [9.17, 15) is 4.55 Å². The molecule has 0 radical (unpaired) electrons. The van der Waals surface area contributed by atoms with Gasteiger partial charge in [-0.05, 0) is 20.8 Å². The lowest BCUT2D eigenvalue weighted by Crippen LogP contribution is -2.25. The molecule has 1 atom stereocenters. The van der Waals surface area contributed by atoms with Gasteiger partial charge in [-0.3, -0.25) is 4.68 Å². The average Bonchev–Trinajstić information content (AvgIpc) is 2.43. The van der Waals surface area contributed by atoms with Crippen molar-refractivity contribution in [2.45, 2.75) is 25.5 Å². The molecule has 15 heavy (non-hydrogen) atoms. The predicted molar refractivity (Wildman–Crippen MR) is 63.7 cm³/mol. The number of aromatic nitrogens is 2. The van der Waals surface area contributed by atoms with Gasteiger partial charge in [0.1, 0.15) is 21.3 Å². The Bertz CT molecular complexity index is 370. The molecule has 0 saturated heterocycles. The molecule has 1 rings (SSSR count). The molecule has 0 aliphatic heterocycles. The minimum Gasteiger partial charge on any atom is -0.591 e. The Hall–Kier alpha value is -0.520. The van der Waals surface area contributed by atoms with E-state index in [0.717, 1.165) is 0 Å². The van der Waals surface area contributed by atoms with Crippen molar-refractivity contribution in [1.29, 1.82) is 0 Å². The van der Waals surface area contributed by atoms with Crippen molar-refractivity contribution >= 4 is 29.2 Å². The normalized spacial score (nSPS) is 14.8. The van der Waals surface area contributed by atoms with E-state index in [1.165, 1.54) is 10.9 Å². The summed E-state index contributed by atoms with van der Waals surface area (Å²) in [5.74, 6) is 0. The van der Waals surface area contributed by atoms with Gasteiger partial charge < -0.3 is 4.55 Å². The minimum atomic E-state index is -1.26. The van der Waals surface area contributed by atoms with Gasteiger partial charge in [-0.1, -0.05) is 16.0 Å². The predicted octanol–water partition coefficient (Wildman–Crippen LogP) is 1.95. The molecule has 0 spiro atoms. The molecule has 6 heteroatoms. The van der Waals surface area contributed by atoms with Crippen LogP contribution in [0.5, 0.6) is 0 Å². The van der Waals surface area contributed by atoms with E-state index in [1.807, 2.05) is 20.8 Å². The summed E-state index contributed by atoms with van der Waals surface area (Å²) < 4.78 is 16.7. The molecule has 1 aromatic rings. The SMILES string of the molecule is Cn1ncc(C=N[S@@+]([O-])C(C)(C)C)c1Cl. The molecule has 0 amide bonds. The van der Waals surface area contributed by atoms with Crippen LogP contribution in [0, 0.1) is 0 Å². The summed E-state index contributed by atoms with van der Waals surface area (Å²) in [4.78, 5) is 0. The van der Waals surface area contributed by atoms with Crippen molar-refractivity contribution in [1.82, 2.24) is 9.78 Å². The van der Waals surface area contributed by atoms with Crippen molar-refractivity contribution in [3.63, 3.8) is 0 Å². The second-order valence-electron chi connectivity index (χ2n) is 4.11. The van der Waals surface area contributed by atoms with E-state index in [0.29, 0.717) is 10.7 Å². The van der Waals surface area contributed by atoms with Gasteiger partial charge in [0.25, 0.3) is 0 Å². The van der Waals surface area contributed by atoms with E-state index in [2.05, 4.69) is 9.50 Å². The first-order valence-corrected chi connectivity index (χ1v) is 5.94. The standard InChI is InChI=1S/C9H14ClN3OS/c1-9(2,3)15(14)12-6-7-5-11-13(4)8(7)10/h5-6H,1-4H3/t15-/m0/s1. The Labute approximate surface area is 97.7 Å². The molecular formula is C9H14ClN3OS. The van der Waals surface area contributed by atoms with Gasteiger partial charge in [0.2, 0.25) is 0 Å². The maximum atomic E-state index is 11.6. The molecule has 0 aliphatic rings. The van der Waals surface area contributed by atoms with Gasteiger partial charge in [-0.15, -0.1) is 0 Å². The number of halogens is 1. The first-order valence-electron chi connectivity index (χ1n) is 4.46. The first-order chi connectivity index (χ1) is 6.82. The largest absolute Gasteiger partial charge is 0.591 e. The average molecular weight is 248 g/mol. The molecule has 84 valence electrons. The number of nitrogens with zero attached hydrogens (tertiary/aromatic N) is 3. The number of rotatable bonds is 2. The van der Waals surface area contributed by atoms with Crippen molar-refractivity contribution in [3.05, 3.63) is 16.9 Å². The van der Waals surface area contributed by atoms with Crippen LogP contribution < -0.4 is 0 Å². The van der Waals surface area contributed by atoms with Crippen LogP contribution in [0.25, 0.3) is 0 Å². The fourth-order valence-corrected chi connectivity index (χ4v) is 1.46. The van der Waals surface area contributed by atoms with E-state index in [4.69, 9.17) is 11.6 Å². The molecular weight excluding hydrogens is 234 g/mol. The molecule has 4 nitrogen and oxygen atoms in total. The van der Waals surface area contributed by atoms with Gasteiger partial charge >= 0.3 is 0 Å². The topological polar surface area (TPSA) is 53.2 Å². The lowest BCUT2D eigenvalue weighted by Gasteiger charge is -2.17. The van der Waals surface area contributed by atoms with Crippen LogP contribution in [0.15, 0.2) is 10.6 Å². The zero-order valence-electron chi connectivity index (χ0n) is 9.19. The van der Waals surface area contributed by atoms with Crippen molar-refractivity contribution in [3.8, 4) is 0 Å². The van der Waals surface area contributed by atoms with Gasteiger partial charge in [-0.25, -0.2) is 0 Å². The summed E-state index contributed by atoms with van der Waals surface area (Å²) in [7, 11) is 1.74. The van der Waals surface area contributed by atoms with Crippen LogP contribution in [-0.4, -0.2) is 25.3 Å². The summed E-state index contributed by atoms with van der Waals surface area (Å²) in [6, 6.07) is 0. The van der Waals surface area contributed by atoms with Crippen LogP contribution in [0.2, 0.25) is 5.15 Å². The smallest absolute Gasteiger partial charge is 0.144 e. The summed E-state index contributed by atoms with van der Waals surface area (Å²) in [6.07, 6.45) is 3.09. The highest BCUT2D eigenvalue weighted by atomic mass is 35.5. The number of hydrogen-bond acceptors (Lipinski definition) is 3. The van der Waals surface area contributed by atoms with Gasteiger partial charge in [-0.2, -0.15) is 5.10 Å². The fourth-order valence-electron chi connectivity index (χ4n) is 0.789. The van der Waals surface area contributed by atoms with Crippen molar-refractivity contribution in [2.75, 3.05) is 0 Å². The van der Waals surface area contributed by atoms with E-state index >= 15 is 0 Å². The Morgan fingerprint density at radius 2 is 2.20 bits per heavy atom. The van der Waals surface area contributed by atoms with E-state index in [1.54, 1.807) is 13.2 Å². The molecule has 0 aliphatic carbocycles. The van der Waals surface area contributed by atoms with Crippen LogP contribution in [-0.2, 0) is 18.4 Å². The van der Waals surface area contributed by atoms with Gasteiger partial charge in [0, 0.05) is 7.05 Å². The third kappa shape index (κ3) is 3.22. The monoisotopic (exact) mass is 247 g/mol. The first kappa shape index (κ1) is 12.5. The maximum Gasteiger partial charge on any atom is 0.144 e. The summed E-state index contributed by atoms with van der Waals surface area (Å²) in [5.41, 5.74) is 0.678. The Morgan fingerprint density at radius 3 is 2.60 bits per heavy atom. The highest BCUT2D eigenvalue weighted by Crippen LogP contribution is 2.18. The van der Waals surface area contributed by atoms with Crippen molar-refractivity contribution in [2.24, 2.45) is 11.4 Å². The molecule has 0 N–H and O–H groups in total. The second kappa shape index (κ2) is 4.55. The molecule has 0 unspecified atom stereocenters. The Morgan fingerprint density at radius 1 is 1.60 bits per heavy atom.